The van der Waals surface area contributed by atoms with Crippen molar-refractivity contribution in [3.05, 3.63) is 46.1 Å². The highest BCUT2D eigenvalue weighted by molar-refractivity contribution is 7.99. The number of amides is 1. The lowest BCUT2D eigenvalue weighted by Gasteiger charge is -2.25. The van der Waals surface area contributed by atoms with Crippen LogP contribution in [-0.4, -0.2) is 38.4 Å². The molecule has 1 heterocycles. The molecule has 2 aromatic rings. The third-order valence-electron chi connectivity index (χ3n) is 3.82. The van der Waals surface area contributed by atoms with E-state index in [1.54, 1.807) is 24.1 Å². The Hall–Kier alpha value is -2.09. The lowest BCUT2D eigenvalue weighted by molar-refractivity contribution is -0.128. The van der Waals surface area contributed by atoms with Gasteiger partial charge in [-0.3, -0.25) is 9.36 Å². The molecule has 8 heteroatoms. The molecular formula is C16H21FN4O2S. The molecule has 0 saturated heterocycles. The van der Waals surface area contributed by atoms with Crippen molar-refractivity contribution in [1.82, 2.24) is 19.7 Å². The van der Waals surface area contributed by atoms with Gasteiger partial charge in [0.2, 0.25) is 5.91 Å². The standard InChI is InChI=1S/C16H21FN4O2S/c1-4-9-21-15(23)18-19-16(21)24-10-14(22)20(3)11(2)12-5-7-13(17)8-6-12/h5-8,11H,4,9-10H2,1-3H3,(H,18,23)/t11-/m0/s1. The van der Waals surface area contributed by atoms with E-state index in [4.69, 9.17) is 0 Å². The monoisotopic (exact) mass is 352 g/mol. The van der Waals surface area contributed by atoms with Crippen LogP contribution in [0.3, 0.4) is 0 Å². The van der Waals surface area contributed by atoms with Gasteiger partial charge in [-0.15, -0.1) is 5.10 Å². The quantitative estimate of drug-likeness (QED) is 0.777. The first kappa shape index (κ1) is 18.3. The van der Waals surface area contributed by atoms with Gasteiger partial charge in [0.1, 0.15) is 5.82 Å². The van der Waals surface area contributed by atoms with Crippen LogP contribution in [0.4, 0.5) is 4.39 Å². The number of hydrogen-bond donors (Lipinski definition) is 1. The van der Waals surface area contributed by atoms with Crippen molar-refractivity contribution in [3.8, 4) is 0 Å². The molecule has 130 valence electrons. The molecule has 0 aliphatic heterocycles. The molecule has 24 heavy (non-hydrogen) atoms. The predicted molar refractivity (Wildman–Crippen MR) is 91.4 cm³/mol. The third kappa shape index (κ3) is 4.25. The number of H-pyrrole nitrogens is 1. The number of rotatable bonds is 7. The number of aromatic amines is 1. The molecule has 0 aliphatic rings. The zero-order chi connectivity index (χ0) is 17.7. The van der Waals surface area contributed by atoms with Crippen LogP contribution in [0.2, 0.25) is 0 Å². The van der Waals surface area contributed by atoms with E-state index in [9.17, 15) is 14.0 Å². The lowest BCUT2D eigenvalue weighted by atomic mass is 10.1. The molecule has 1 N–H and O–H groups in total. The molecule has 0 spiro atoms. The maximum absolute atomic E-state index is 13.0. The summed E-state index contributed by atoms with van der Waals surface area (Å²) in [6, 6.07) is 5.93. The minimum Gasteiger partial charge on any atom is -0.338 e. The van der Waals surface area contributed by atoms with Crippen LogP contribution >= 0.6 is 11.8 Å². The van der Waals surface area contributed by atoms with E-state index in [1.807, 2.05) is 13.8 Å². The largest absolute Gasteiger partial charge is 0.343 e. The fraction of sp³-hybridized carbons (Fsp3) is 0.438. The molecule has 1 aromatic heterocycles. The highest BCUT2D eigenvalue weighted by Gasteiger charge is 2.19. The summed E-state index contributed by atoms with van der Waals surface area (Å²) in [5.74, 6) is -0.214. The molecule has 0 aliphatic carbocycles. The first-order valence-electron chi connectivity index (χ1n) is 7.73. The number of nitrogens with zero attached hydrogens (tertiary/aromatic N) is 3. The number of thioether (sulfide) groups is 1. The Morgan fingerprint density at radius 1 is 1.42 bits per heavy atom. The molecule has 0 bridgehead atoms. The van der Waals surface area contributed by atoms with Crippen LogP contribution < -0.4 is 5.69 Å². The maximum Gasteiger partial charge on any atom is 0.343 e. The summed E-state index contributed by atoms with van der Waals surface area (Å²) in [4.78, 5) is 25.6. The van der Waals surface area contributed by atoms with E-state index in [2.05, 4.69) is 10.2 Å². The van der Waals surface area contributed by atoms with Gasteiger partial charge in [0.25, 0.3) is 0 Å². The highest BCUT2D eigenvalue weighted by Crippen LogP contribution is 2.21. The number of halogens is 1. The van der Waals surface area contributed by atoms with Gasteiger partial charge in [0, 0.05) is 13.6 Å². The average molecular weight is 352 g/mol. The Morgan fingerprint density at radius 3 is 2.71 bits per heavy atom. The summed E-state index contributed by atoms with van der Waals surface area (Å²) in [5, 5.41) is 6.87. The third-order valence-corrected chi connectivity index (χ3v) is 4.78. The van der Waals surface area contributed by atoms with Crippen LogP contribution in [0.25, 0.3) is 0 Å². The van der Waals surface area contributed by atoms with E-state index in [-0.39, 0.29) is 29.2 Å². The second-order valence-corrected chi connectivity index (χ2v) is 6.43. The Labute approximate surface area is 144 Å². The van der Waals surface area contributed by atoms with Crippen LogP contribution in [0.15, 0.2) is 34.2 Å². The molecule has 1 atom stereocenters. The van der Waals surface area contributed by atoms with E-state index >= 15 is 0 Å². The van der Waals surface area contributed by atoms with Gasteiger partial charge in [0.15, 0.2) is 5.16 Å². The summed E-state index contributed by atoms with van der Waals surface area (Å²) in [7, 11) is 1.71. The molecule has 2 rings (SSSR count). The molecular weight excluding hydrogens is 331 g/mol. The lowest BCUT2D eigenvalue weighted by Crippen LogP contribution is -2.31. The number of nitrogens with one attached hydrogen (secondary N) is 1. The zero-order valence-corrected chi connectivity index (χ0v) is 14.8. The first-order valence-corrected chi connectivity index (χ1v) is 8.71. The van der Waals surface area contributed by atoms with E-state index in [0.717, 1.165) is 12.0 Å². The van der Waals surface area contributed by atoms with Gasteiger partial charge < -0.3 is 4.90 Å². The van der Waals surface area contributed by atoms with Crippen molar-refractivity contribution in [2.75, 3.05) is 12.8 Å². The Kier molecular flexibility index (Phi) is 6.19. The second kappa shape index (κ2) is 8.14. The summed E-state index contributed by atoms with van der Waals surface area (Å²) in [6.07, 6.45) is 0.808. The van der Waals surface area contributed by atoms with Crippen molar-refractivity contribution in [3.63, 3.8) is 0 Å². The van der Waals surface area contributed by atoms with Gasteiger partial charge >= 0.3 is 5.69 Å². The van der Waals surface area contributed by atoms with Crippen LogP contribution in [0.5, 0.6) is 0 Å². The smallest absolute Gasteiger partial charge is 0.338 e. The molecule has 1 aromatic carbocycles. The van der Waals surface area contributed by atoms with Crippen LogP contribution in [0.1, 0.15) is 31.9 Å². The van der Waals surface area contributed by atoms with Gasteiger partial charge in [-0.2, -0.15) is 0 Å². The summed E-state index contributed by atoms with van der Waals surface area (Å²) in [6.45, 7) is 4.42. The molecule has 6 nitrogen and oxygen atoms in total. The number of carbonyl (C=O) groups is 1. The molecule has 0 fully saturated rings. The van der Waals surface area contributed by atoms with E-state index < -0.39 is 0 Å². The Bertz CT molecular complexity index is 741. The fourth-order valence-corrected chi connectivity index (χ4v) is 3.14. The minimum atomic E-state index is -0.303. The molecule has 0 unspecified atom stereocenters. The van der Waals surface area contributed by atoms with E-state index in [0.29, 0.717) is 11.7 Å². The molecule has 0 radical (unpaired) electrons. The number of aromatic nitrogens is 3. The highest BCUT2D eigenvalue weighted by atomic mass is 32.2. The fourth-order valence-electron chi connectivity index (χ4n) is 2.24. The summed E-state index contributed by atoms with van der Waals surface area (Å²) < 4.78 is 14.5. The average Bonchev–Trinajstić information content (AvgIpc) is 2.92. The van der Waals surface area contributed by atoms with Crippen LogP contribution in [-0.2, 0) is 11.3 Å². The van der Waals surface area contributed by atoms with E-state index in [1.165, 1.54) is 28.5 Å². The first-order chi connectivity index (χ1) is 11.4. The van der Waals surface area contributed by atoms with Crippen molar-refractivity contribution >= 4 is 17.7 Å². The minimum absolute atomic E-state index is 0.0877. The predicted octanol–water partition coefficient (Wildman–Crippen LogP) is 2.43. The van der Waals surface area contributed by atoms with Gasteiger partial charge in [-0.1, -0.05) is 30.8 Å². The summed E-state index contributed by atoms with van der Waals surface area (Å²) >= 11 is 1.23. The number of carbonyl (C=O) groups excluding carboxylic acids is 1. The normalized spacial score (nSPS) is 12.2. The van der Waals surface area contributed by atoms with Gasteiger partial charge in [-0.05, 0) is 31.0 Å². The van der Waals surface area contributed by atoms with Crippen LogP contribution in [0, 0.1) is 5.82 Å². The van der Waals surface area contributed by atoms with Crippen molar-refractivity contribution in [2.45, 2.75) is 38.0 Å². The van der Waals surface area contributed by atoms with Gasteiger partial charge in [0.05, 0.1) is 11.8 Å². The molecule has 0 saturated carbocycles. The van der Waals surface area contributed by atoms with Crippen molar-refractivity contribution in [1.29, 1.82) is 0 Å². The summed E-state index contributed by atoms with van der Waals surface area (Å²) in [5.41, 5.74) is 0.597. The Morgan fingerprint density at radius 2 is 2.08 bits per heavy atom. The Balaban J connectivity index is 1.99. The van der Waals surface area contributed by atoms with Crippen molar-refractivity contribution in [2.24, 2.45) is 0 Å². The number of hydrogen-bond acceptors (Lipinski definition) is 4. The SMILES string of the molecule is CCCn1c(SCC(=O)N(C)[C@@H](C)c2ccc(F)cc2)n[nH]c1=O. The topological polar surface area (TPSA) is 71.0 Å². The van der Waals surface area contributed by atoms with Gasteiger partial charge in [-0.25, -0.2) is 14.3 Å². The molecule has 1 amide bonds. The maximum atomic E-state index is 13.0. The zero-order valence-electron chi connectivity index (χ0n) is 14.0. The second-order valence-electron chi connectivity index (χ2n) is 5.48. The van der Waals surface area contributed by atoms with Crippen molar-refractivity contribution < 1.29 is 9.18 Å². The number of benzene rings is 1.